The number of aliphatic hydroxyl groups is 2. The van der Waals surface area contributed by atoms with Crippen LogP contribution in [0, 0.1) is 17.3 Å². The van der Waals surface area contributed by atoms with Crippen molar-refractivity contribution in [3.63, 3.8) is 0 Å². The lowest BCUT2D eigenvalue weighted by Crippen LogP contribution is -2.62. The van der Waals surface area contributed by atoms with Crippen LogP contribution in [-0.2, 0) is 4.74 Å². The number of hydrogen-bond acceptors (Lipinski definition) is 5. The van der Waals surface area contributed by atoms with E-state index in [1.54, 1.807) is 0 Å². The van der Waals surface area contributed by atoms with Gasteiger partial charge in [-0.05, 0) is 80.1 Å². The summed E-state index contributed by atoms with van der Waals surface area (Å²) in [6.45, 7) is 4.75. The molecule has 8 unspecified atom stereocenters. The maximum absolute atomic E-state index is 11.2. The minimum atomic E-state index is -0.893. The van der Waals surface area contributed by atoms with Crippen LogP contribution in [0.4, 0.5) is 0 Å². The van der Waals surface area contributed by atoms with Crippen LogP contribution in [0.3, 0.4) is 0 Å². The second-order valence-corrected chi connectivity index (χ2v) is 12.0. The molecule has 2 bridgehead atoms. The van der Waals surface area contributed by atoms with Gasteiger partial charge in [-0.15, -0.1) is 0 Å². The van der Waals surface area contributed by atoms with Gasteiger partial charge in [-0.3, -0.25) is 5.10 Å². The first-order valence-electron chi connectivity index (χ1n) is 13.0. The van der Waals surface area contributed by atoms with Crippen molar-refractivity contribution in [1.82, 2.24) is 15.1 Å². The molecule has 1 aromatic carbocycles. The Balaban J connectivity index is 1.33. The molecule has 6 nitrogen and oxygen atoms in total. The molecule has 1 saturated heterocycles. The molecule has 2 spiro atoms. The average Bonchev–Trinajstić information content (AvgIpc) is 3.52. The number of fused-ring (bicyclic) bond motifs is 2. The predicted molar refractivity (Wildman–Crippen MR) is 136 cm³/mol. The number of nitrogens with one attached hydrogen (secondary N) is 1. The van der Waals surface area contributed by atoms with Crippen molar-refractivity contribution in [2.45, 2.75) is 69.0 Å². The molecule has 8 atom stereocenters. The van der Waals surface area contributed by atoms with Crippen LogP contribution >= 0.6 is 0 Å². The second kappa shape index (κ2) is 6.94. The molecule has 1 saturated carbocycles. The van der Waals surface area contributed by atoms with Gasteiger partial charge in [0, 0.05) is 22.8 Å². The Morgan fingerprint density at radius 1 is 1.20 bits per heavy atom. The van der Waals surface area contributed by atoms with Gasteiger partial charge in [-0.25, -0.2) is 0 Å². The summed E-state index contributed by atoms with van der Waals surface area (Å²) < 4.78 is 7.27. The van der Waals surface area contributed by atoms with E-state index in [2.05, 4.69) is 60.5 Å². The summed E-state index contributed by atoms with van der Waals surface area (Å²) in [7, 11) is 3.96. The number of ether oxygens (including phenoxy) is 1. The van der Waals surface area contributed by atoms with E-state index in [1.165, 1.54) is 16.7 Å². The molecule has 7 rings (SSSR count). The minimum absolute atomic E-state index is 0.0501. The zero-order valence-corrected chi connectivity index (χ0v) is 21.0. The summed E-state index contributed by atoms with van der Waals surface area (Å²) in [6, 6.07) is 6.49. The average molecular weight is 474 g/mol. The molecule has 6 heteroatoms. The first-order chi connectivity index (χ1) is 16.7. The van der Waals surface area contributed by atoms with E-state index in [1.807, 2.05) is 25.2 Å². The zero-order chi connectivity index (χ0) is 24.3. The van der Waals surface area contributed by atoms with Gasteiger partial charge in [0.05, 0.1) is 29.0 Å². The molecule has 3 N–H and O–H groups in total. The first kappa shape index (κ1) is 22.0. The SMILES string of the molecule is CC1C=C2C=C3C(O)C(O)C(N(C)C)CC34CCC2(O4)C2CC=C(c3ccc4[nH]ncc4c3)C12C. The van der Waals surface area contributed by atoms with Crippen LogP contribution in [-0.4, -0.2) is 68.9 Å². The number of nitrogens with zero attached hydrogens (tertiary/aromatic N) is 2. The number of aliphatic hydroxyl groups excluding tert-OH is 2. The van der Waals surface area contributed by atoms with E-state index in [0.717, 1.165) is 42.2 Å². The molecular weight excluding hydrogens is 438 g/mol. The van der Waals surface area contributed by atoms with Crippen molar-refractivity contribution in [3.8, 4) is 0 Å². The number of aromatic amines is 1. The molecule has 2 aromatic rings. The number of allylic oxidation sites excluding steroid dienone is 3. The standard InChI is InChI=1S/C29H35N3O3/c1-16-11-19-13-21-25(33)26(34)23(32(3)4)14-28(21)9-10-29(19,35-28)24-8-6-20(27(16,24)2)17-5-7-22-18(12-17)15-30-31-22/h5-7,11-13,15-16,23-26,33-34H,8-10,14H2,1-4H3,(H,30,31). The summed E-state index contributed by atoms with van der Waals surface area (Å²) in [5.41, 5.74) is 4.95. The highest BCUT2D eigenvalue weighted by atomic mass is 16.5. The van der Waals surface area contributed by atoms with Crippen LogP contribution in [0.25, 0.3) is 16.5 Å². The zero-order valence-electron chi connectivity index (χ0n) is 21.0. The van der Waals surface area contributed by atoms with Gasteiger partial charge >= 0.3 is 0 Å². The Hall–Kier alpha value is -2.25. The van der Waals surface area contributed by atoms with Gasteiger partial charge in [-0.1, -0.05) is 38.1 Å². The number of aromatic nitrogens is 2. The van der Waals surface area contributed by atoms with Crippen molar-refractivity contribution < 1.29 is 14.9 Å². The Bertz CT molecular complexity index is 1320. The van der Waals surface area contributed by atoms with E-state index in [9.17, 15) is 10.2 Å². The molecule has 2 fully saturated rings. The molecule has 0 radical (unpaired) electrons. The molecule has 2 aliphatic heterocycles. The van der Waals surface area contributed by atoms with Crippen LogP contribution in [0.15, 0.2) is 53.8 Å². The number of rotatable bonds is 2. The summed E-state index contributed by atoms with van der Waals surface area (Å²) >= 11 is 0. The summed E-state index contributed by atoms with van der Waals surface area (Å²) in [5.74, 6) is 0.648. The lowest BCUT2D eigenvalue weighted by Gasteiger charge is -2.57. The third-order valence-corrected chi connectivity index (χ3v) is 10.4. The van der Waals surface area contributed by atoms with Crippen molar-refractivity contribution >= 4 is 16.5 Å². The fraction of sp³-hybridized carbons (Fsp3) is 0.552. The van der Waals surface area contributed by atoms with Crippen LogP contribution in [0.2, 0.25) is 0 Å². The topological polar surface area (TPSA) is 81.6 Å². The highest BCUT2D eigenvalue weighted by Gasteiger charge is 2.68. The van der Waals surface area contributed by atoms with Crippen molar-refractivity contribution in [1.29, 1.82) is 0 Å². The normalized spacial score (nSPS) is 44.0. The summed E-state index contributed by atoms with van der Waals surface area (Å²) in [4.78, 5) is 2.04. The van der Waals surface area contributed by atoms with Crippen molar-refractivity contribution in [3.05, 3.63) is 59.3 Å². The molecule has 184 valence electrons. The summed E-state index contributed by atoms with van der Waals surface area (Å²) in [6.07, 6.45) is 10.8. The summed E-state index contributed by atoms with van der Waals surface area (Å²) in [5, 5.41) is 30.5. The molecule has 3 heterocycles. The van der Waals surface area contributed by atoms with Gasteiger partial charge < -0.3 is 19.8 Å². The van der Waals surface area contributed by atoms with Gasteiger partial charge in [0.2, 0.25) is 0 Å². The largest absolute Gasteiger partial charge is 0.388 e. The number of benzene rings is 1. The van der Waals surface area contributed by atoms with Crippen molar-refractivity contribution in [2.24, 2.45) is 17.3 Å². The monoisotopic (exact) mass is 473 g/mol. The Morgan fingerprint density at radius 2 is 2.03 bits per heavy atom. The Morgan fingerprint density at radius 3 is 2.83 bits per heavy atom. The van der Waals surface area contributed by atoms with Gasteiger partial charge in [0.1, 0.15) is 6.10 Å². The first-order valence-corrected chi connectivity index (χ1v) is 13.0. The molecule has 0 amide bonds. The molecular formula is C29H35N3O3. The third-order valence-electron chi connectivity index (χ3n) is 10.4. The molecule has 35 heavy (non-hydrogen) atoms. The Kier molecular flexibility index (Phi) is 4.36. The van der Waals surface area contributed by atoms with E-state index >= 15 is 0 Å². The number of hydrogen-bond donors (Lipinski definition) is 3. The second-order valence-electron chi connectivity index (χ2n) is 12.0. The van der Waals surface area contributed by atoms with Crippen LogP contribution in [0.1, 0.15) is 45.1 Å². The maximum Gasteiger partial charge on any atom is 0.105 e. The third kappa shape index (κ3) is 2.61. The van der Waals surface area contributed by atoms with Crippen molar-refractivity contribution in [2.75, 3.05) is 14.1 Å². The molecule has 3 aliphatic carbocycles. The fourth-order valence-corrected chi connectivity index (χ4v) is 8.37. The highest BCUT2D eigenvalue weighted by molar-refractivity contribution is 5.85. The van der Waals surface area contributed by atoms with Gasteiger partial charge in [-0.2, -0.15) is 5.10 Å². The van der Waals surface area contributed by atoms with E-state index in [-0.39, 0.29) is 17.1 Å². The van der Waals surface area contributed by atoms with E-state index < -0.39 is 17.8 Å². The highest BCUT2D eigenvalue weighted by Crippen LogP contribution is 2.69. The smallest absolute Gasteiger partial charge is 0.105 e. The predicted octanol–water partition coefficient (Wildman–Crippen LogP) is 3.83. The quantitative estimate of drug-likeness (QED) is 0.618. The van der Waals surface area contributed by atoms with Crippen LogP contribution < -0.4 is 0 Å². The van der Waals surface area contributed by atoms with E-state index in [0.29, 0.717) is 11.8 Å². The Labute approximate surface area is 206 Å². The lowest BCUT2D eigenvalue weighted by molar-refractivity contribution is -0.165. The molecule has 5 aliphatic rings. The lowest BCUT2D eigenvalue weighted by atomic mass is 9.54. The van der Waals surface area contributed by atoms with Gasteiger partial charge in [0.15, 0.2) is 0 Å². The van der Waals surface area contributed by atoms with Crippen LogP contribution in [0.5, 0.6) is 0 Å². The fourth-order valence-electron chi connectivity index (χ4n) is 8.37. The number of H-pyrrole nitrogens is 1. The van der Waals surface area contributed by atoms with E-state index in [4.69, 9.17) is 4.74 Å². The molecule has 1 aromatic heterocycles. The maximum atomic E-state index is 11.2. The number of likely N-dealkylation sites (N-methyl/N-ethyl adjacent to an activating group) is 1. The van der Waals surface area contributed by atoms with Gasteiger partial charge in [0.25, 0.3) is 0 Å². The minimum Gasteiger partial charge on any atom is -0.388 e.